The van der Waals surface area contributed by atoms with Crippen LogP contribution < -0.4 is 5.32 Å². The van der Waals surface area contributed by atoms with Gasteiger partial charge in [-0.1, -0.05) is 44.2 Å². The van der Waals surface area contributed by atoms with E-state index >= 15 is 0 Å². The monoisotopic (exact) mass is 285 g/mol. The molecule has 0 radical (unpaired) electrons. The van der Waals surface area contributed by atoms with Gasteiger partial charge in [-0.15, -0.1) is 0 Å². The highest BCUT2D eigenvalue weighted by atomic mass is 16.1. The largest absolute Gasteiger partial charge is 0.355 e. The molecule has 0 fully saturated rings. The van der Waals surface area contributed by atoms with Crippen LogP contribution in [0.3, 0.4) is 0 Å². The van der Waals surface area contributed by atoms with Crippen LogP contribution in [0.15, 0.2) is 36.5 Å². The average molecular weight is 285 g/mol. The number of nitrogens with zero attached hydrogens (tertiary/aromatic N) is 1. The fourth-order valence-electron chi connectivity index (χ4n) is 2.35. The molecule has 0 spiro atoms. The number of rotatable bonds is 7. The van der Waals surface area contributed by atoms with Gasteiger partial charge in [0.1, 0.15) is 5.82 Å². The molecular weight excluding hydrogens is 262 g/mol. The van der Waals surface area contributed by atoms with Crippen molar-refractivity contribution in [1.29, 1.82) is 0 Å². The first-order valence-corrected chi connectivity index (χ1v) is 7.61. The summed E-state index contributed by atoms with van der Waals surface area (Å²) >= 11 is 0. The normalized spacial score (nSPS) is 10.8. The lowest BCUT2D eigenvalue weighted by Crippen LogP contribution is -2.31. The Morgan fingerprint density at radius 3 is 2.62 bits per heavy atom. The summed E-state index contributed by atoms with van der Waals surface area (Å²) in [6.07, 6.45) is 4.40. The third-order valence-corrected chi connectivity index (χ3v) is 3.73. The summed E-state index contributed by atoms with van der Waals surface area (Å²) in [5.41, 5.74) is 2.11. The minimum absolute atomic E-state index is 0.131. The quantitative estimate of drug-likeness (QED) is 0.821. The predicted molar refractivity (Wildman–Crippen MR) is 84.8 cm³/mol. The second-order valence-corrected chi connectivity index (χ2v) is 5.18. The molecule has 1 amide bonds. The van der Waals surface area contributed by atoms with Crippen molar-refractivity contribution in [3.05, 3.63) is 42.2 Å². The van der Waals surface area contributed by atoms with Crippen molar-refractivity contribution in [3.63, 3.8) is 0 Å². The van der Waals surface area contributed by atoms with Crippen LogP contribution in [0.1, 0.15) is 32.4 Å². The van der Waals surface area contributed by atoms with Gasteiger partial charge in [0.2, 0.25) is 5.91 Å². The minimum atomic E-state index is 0.131. The van der Waals surface area contributed by atoms with Gasteiger partial charge in [-0.05, 0) is 12.8 Å². The topological polar surface area (TPSA) is 57.8 Å². The lowest BCUT2D eigenvalue weighted by Gasteiger charge is -2.12. The summed E-state index contributed by atoms with van der Waals surface area (Å²) in [4.78, 5) is 19.6. The van der Waals surface area contributed by atoms with E-state index in [-0.39, 0.29) is 11.8 Å². The van der Waals surface area contributed by atoms with E-state index < -0.39 is 0 Å². The Labute approximate surface area is 126 Å². The van der Waals surface area contributed by atoms with E-state index in [9.17, 15) is 4.79 Å². The molecule has 4 nitrogen and oxygen atoms in total. The lowest BCUT2D eigenvalue weighted by atomic mass is 10.0. The Kier molecular flexibility index (Phi) is 5.55. The summed E-state index contributed by atoms with van der Waals surface area (Å²) in [6, 6.07) is 10.0. The van der Waals surface area contributed by atoms with Crippen LogP contribution in [0.5, 0.6) is 0 Å². The average Bonchev–Trinajstić information content (AvgIpc) is 2.98. The van der Waals surface area contributed by atoms with Gasteiger partial charge in [0, 0.05) is 36.3 Å². The first-order chi connectivity index (χ1) is 10.2. The Bertz CT molecular complexity index is 558. The van der Waals surface area contributed by atoms with E-state index in [0.29, 0.717) is 6.54 Å². The molecule has 0 saturated carbocycles. The van der Waals surface area contributed by atoms with Gasteiger partial charge in [-0.25, -0.2) is 4.98 Å². The number of nitrogens with one attached hydrogen (secondary N) is 2. The maximum absolute atomic E-state index is 11.9. The zero-order chi connectivity index (χ0) is 15.1. The number of amides is 1. The highest BCUT2D eigenvalue weighted by Gasteiger charge is 2.13. The summed E-state index contributed by atoms with van der Waals surface area (Å²) < 4.78 is 0. The van der Waals surface area contributed by atoms with Crippen LogP contribution in [-0.2, 0) is 11.2 Å². The number of aromatic nitrogens is 2. The van der Waals surface area contributed by atoms with Gasteiger partial charge < -0.3 is 10.3 Å². The van der Waals surface area contributed by atoms with Crippen LogP contribution in [0, 0.1) is 5.92 Å². The van der Waals surface area contributed by atoms with Crippen molar-refractivity contribution in [1.82, 2.24) is 15.3 Å². The third-order valence-electron chi connectivity index (χ3n) is 3.73. The molecule has 0 aliphatic rings. The molecule has 1 aromatic heterocycles. The van der Waals surface area contributed by atoms with Gasteiger partial charge in [0.15, 0.2) is 0 Å². The zero-order valence-corrected chi connectivity index (χ0v) is 12.7. The second kappa shape index (κ2) is 7.62. The van der Waals surface area contributed by atoms with Crippen LogP contribution in [0.25, 0.3) is 11.4 Å². The molecule has 2 rings (SSSR count). The van der Waals surface area contributed by atoms with Crippen LogP contribution in [0.4, 0.5) is 0 Å². The SMILES string of the molecule is CCC(CC)C(=O)NCCc1cnc(-c2ccccc2)[nH]1. The van der Waals surface area contributed by atoms with Gasteiger partial charge in [-0.3, -0.25) is 4.79 Å². The van der Waals surface area contributed by atoms with Crippen LogP contribution >= 0.6 is 0 Å². The van der Waals surface area contributed by atoms with Gasteiger partial charge in [-0.2, -0.15) is 0 Å². The summed E-state index contributed by atoms with van der Waals surface area (Å²) in [7, 11) is 0. The standard InChI is InChI=1S/C17H23N3O/c1-3-13(4-2)17(21)18-11-10-15-12-19-16(20-15)14-8-6-5-7-9-14/h5-9,12-13H,3-4,10-11H2,1-2H3,(H,18,21)(H,19,20). The molecule has 0 bridgehead atoms. The highest BCUT2D eigenvalue weighted by Crippen LogP contribution is 2.14. The molecule has 112 valence electrons. The first-order valence-electron chi connectivity index (χ1n) is 7.61. The molecule has 4 heteroatoms. The summed E-state index contributed by atoms with van der Waals surface area (Å²) in [5.74, 6) is 1.16. The Morgan fingerprint density at radius 2 is 1.95 bits per heavy atom. The Balaban J connectivity index is 1.85. The van der Waals surface area contributed by atoms with E-state index in [1.807, 2.05) is 36.5 Å². The van der Waals surface area contributed by atoms with Gasteiger partial charge in [0.05, 0.1) is 0 Å². The lowest BCUT2D eigenvalue weighted by molar-refractivity contribution is -0.125. The number of imidazole rings is 1. The molecule has 0 aliphatic heterocycles. The Hall–Kier alpha value is -2.10. The predicted octanol–water partition coefficient (Wildman–Crippen LogP) is 3.17. The van der Waals surface area contributed by atoms with Crippen LogP contribution in [0.2, 0.25) is 0 Å². The number of aromatic amines is 1. The molecule has 0 saturated heterocycles. The fraction of sp³-hybridized carbons (Fsp3) is 0.412. The van der Waals surface area contributed by atoms with E-state index in [1.54, 1.807) is 0 Å². The maximum Gasteiger partial charge on any atom is 0.223 e. The molecule has 2 N–H and O–H groups in total. The molecule has 21 heavy (non-hydrogen) atoms. The van der Waals surface area contributed by atoms with Crippen molar-refractivity contribution in [2.24, 2.45) is 5.92 Å². The molecule has 1 aromatic carbocycles. The minimum Gasteiger partial charge on any atom is -0.355 e. The molecule has 1 heterocycles. The van der Waals surface area contributed by atoms with Crippen molar-refractivity contribution < 1.29 is 4.79 Å². The molecule has 0 aliphatic carbocycles. The molecular formula is C17H23N3O. The molecule has 2 aromatic rings. The fourth-order valence-corrected chi connectivity index (χ4v) is 2.35. The smallest absolute Gasteiger partial charge is 0.223 e. The second-order valence-electron chi connectivity index (χ2n) is 5.18. The van der Waals surface area contributed by atoms with E-state index in [1.165, 1.54) is 0 Å². The van der Waals surface area contributed by atoms with Gasteiger partial charge in [0.25, 0.3) is 0 Å². The van der Waals surface area contributed by atoms with E-state index in [4.69, 9.17) is 0 Å². The zero-order valence-electron chi connectivity index (χ0n) is 12.7. The Morgan fingerprint density at radius 1 is 1.24 bits per heavy atom. The maximum atomic E-state index is 11.9. The third kappa shape index (κ3) is 4.18. The first kappa shape index (κ1) is 15.3. The molecule has 0 unspecified atom stereocenters. The van der Waals surface area contributed by atoms with E-state index in [2.05, 4.69) is 29.1 Å². The number of hydrogen-bond acceptors (Lipinski definition) is 2. The van der Waals surface area contributed by atoms with Crippen molar-refractivity contribution in [2.45, 2.75) is 33.1 Å². The van der Waals surface area contributed by atoms with Crippen molar-refractivity contribution >= 4 is 5.91 Å². The number of carbonyl (C=O) groups excluding carboxylic acids is 1. The number of H-pyrrole nitrogens is 1. The molecule has 0 atom stereocenters. The number of carbonyl (C=O) groups is 1. The van der Waals surface area contributed by atoms with E-state index in [0.717, 1.165) is 36.3 Å². The highest BCUT2D eigenvalue weighted by molar-refractivity contribution is 5.78. The van der Waals surface area contributed by atoms with Crippen LogP contribution in [-0.4, -0.2) is 22.4 Å². The summed E-state index contributed by atoms with van der Waals surface area (Å²) in [6.45, 7) is 4.75. The van der Waals surface area contributed by atoms with Crippen molar-refractivity contribution in [3.8, 4) is 11.4 Å². The summed E-state index contributed by atoms with van der Waals surface area (Å²) in [5, 5.41) is 3.00. The number of benzene rings is 1. The number of hydrogen-bond donors (Lipinski definition) is 2. The van der Waals surface area contributed by atoms with Crippen molar-refractivity contribution in [2.75, 3.05) is 6.54 Å². The van der Waals surface area contributed by atoms with Gasteiger partial charge >= 0.3 is 0 Å².